The minimum absolute atomic E-state index is 0. The lowest BCUT2D eigenvalue weighted by Crippen LogP contribution is -2.38. The van der Waals surface area contributed by atoms with E-state index in [0.717, 1.165) is 24.3 Å². The van der Waals surface area contributed by atoms with Gasteiger partial charge in [0, 0.05) is 19.2 Å². The van der Waals surface area contributed by atoms with Crippen LogP contribution in [0.25, 0.3) is 10.2 Å². The summed E-state index contributed by atoms with van der Waals surface area (Å²) in [4.78, 5) is 21.6. The van der Waals surface area contributed by atoms with Crippen LogP contribution in [0.3, 0.4) is 0 Å². The Morgan fingerprint density at radius 3 is 2.38 bits per heavy atom. The van der Waals surface area contributed by atoms with E-state index in [1.165, 1.54) is 17.5 Å². The first-order valence-electron chi connectivity index (χ1n) is 9.09. The number of anilines is 1. The summed E-state index contributed by atoms with van der Waals surface area (Å²) in [6.45, 7) is 7.20. The molecule has 29 heavy (non-hydrogen) atoms. The van der Waals surface area contributed by atoms with E-state index in [1.54, 1.807) is 25.2 Å². The number of carbonyl (C=O) groups excluding carboxylic acids is 1. The zero-order valence-electron chi connectivity index (χ0n) is 16.9. The van der Waals surface area contributed by atoms with Gasteiger partial charge < -0.3 is 18.9 Å². The fraction of sp³-hybridized carbons (Fsp3) is 0.421. The summed E-state index contributed by atoms with van der Waals surface area (Å²) >= 11 is 1.39. The smallest absolute Gasteiger partial charge is 0.298 e. The number of amides is 1. The average Bonchev–Trinajstić information content (AvgIpc) is 3.40. The molecule has 8 nitrogen and oxygen atoms in total. The molecule has 2 aromatic heterocycles. The summed E-state index contributed by atoms with van der Waals surface area (Å²) in [7, 11) is 3.20. The number of aromatic nitrogens is 2. The van der Waals surface area contributed by atoms with Crippen LogP contribution in [-0.4, -0.2) is 61.3 Å². The Kier molecular flexibility index (Phi) is 8.24. The monoisotopic (exact) mass is 440 g/mol. The van der Waals surface area contributed by atoms with Gasteiger partial charge in [-0.05, 0) is 25.2 Å². The number of benzene rings is 1. The summed E-state index contributed by atoms with van der Waals surface area (Å²) in [6, 6.07) is 5.20. The number of thiazole rings is 1. The molecule has 0 saturated carbocycles. The Morgan fingerprint density at radius 2 is 1.79 bits per heavy atom. The molecule has 0 fully saturated rings. The van der Waals surface area contributed by atoms with Crippen molar-refractivity contribution < 1.29 is 18.8 Å². The molecule has 0 aliphatic rings. The third kappa shape index (κ3) is 4.80. The van der Waals surface area contributed by atoms with E-state index >= 15 is 0 Å². The van der Waals surface area contributed by atoms with Crippen LogP contribution >= 0.6 is 23.7 Å². The molecule has 1 aromatic carbocycles. The van der Waals surface area contributed by atoms with E-state index in [1.807, 2.05) is 12.1 Å². The van der Waals surface area contributed by atoms with Gasteiger partial charge in [-0.25, -0.2) is 4.98 Å². The molecule has 0 aliphatic carbocycles. The molecule has 0 spiro atoms. The van der Waals surface area contributed by atoms with Gasteiger partial charge in [0.2, 0.25) is 5.76 Å². The highest BCUT2D eigenvalue weighted by Crippen LogP contribution is 2.40. The van der Waals surface area contributed by atoms with Crippen molar-refractivity contribution in [2.45, 2.75) is 13.8 Å². The SMILES string of the molecule is CCN(CC)CCN(C(=O)c1ccno1)c1nc2c(OC)ccc(OC)c2s1.Cl. The largest absolute Gasteiger partial charge is 0.495 e. The van der Waals surface area contributed by atoms with Crippen molar-refractivity contribution in [2.75, 3.05) is 45.3 Å². The number of hydrogen-bond acceptors (Lipinski definition) is 8. The molecule has 1 amide bonds. The number of halogens is 1. The molecule has 0 unspecified atom stereocenters. The van der Waals surface area contributed by atoms with Crippen molar-refractivity contribution in [3.63, 3.8) is 0 Å². The third-order valence-corrected chi connectivity index (χ3v) is 5.65. The molecule has 0 radical (unpaired) electrons. The van der Waals surface area contributed by atoms with Crippen LogP contribution in [0.5, 0.6) is 11.5 Å². The molecular weight excluding hydrogens is 416 g/mol. The number of rotatable bonds is 9. The van der Waals surface area contributed by atoms with Crippen LogP contribution in [0.15, 0.2) is 28.9 Å². The van der Waals surface area contributed by atoms with Crippen LogP contribution < -0.4 is 14.4 Å². The maximum atomic E-state index is 13.1. The maximum Gasteiger partial charge on any atom is 0.298 e. The molecule has 158 valence electrons. The van der Waals surface area contributed by atoms with Crippen molar-refractivity contribution in [1.29, 1.82) is 0 Å². The van der Waals surface area contributed by atoms with Crippen LogP contribution in [-0.2, 0) is 0 Å². The molecule has 0 bridgehead atoms. The Hall–Kier alpha value is -2.36. The normalized spacial score (nSPS) is 10.8. The fourth-order valence-corrected chi connectivity index (χ4v) is 4.01. The lowest BCUT2D eigenvalue weighted by molar-refractivity contribution is 0.0948. The predicted molar refractivity (Wildman–Crippen MR) is 116 cm³/mol. The second-order valence-electron chi connectivity index (χ2n) is 6.00. The van der Waals surface area contributed by atoms with Gasteiger partial charge >= 0.3 is 0 Å². The Balaban J connectivity index is 0.00000300. The van der Waals surface area contributed by atoms with Crippen molar-refractivity contribution in [2.24, 2.45) is 0 Å². The predicted octanol–water partition coefficient (Wildman–Crippen LogP) is 3.71. The Bertz CT molecular complexity index is 887. The number of likely N-dealkylation sites (N-methyl/N-ethyl adjacent to an activating group) is 1. The van der Waals surface area contributed by atoms with E-state index in [0.29, 0.717) is 28.7 Å². The van der Waals surface area contributed by atoms with Crippen LogP contribution in [0.4, 0.5) is 5.13 Å². The van der Waals surface area contributed by atoms with E-state index in [4.69, 9.17) is 19.0 Å². The van der Waals surface area contributed by atoms with E-state index in [2.05, 4.69) is 23.9 Å². The standard InChI is InChI=1S/C19H24N4O4S.ClH/c1-5-22(6-2)11-12-23(18(24)15-9-10-20-27-15)19-21-16-13(25-3)7-8-14(26-4)17(16)28-19;/h7-10H,5-6,11-12H2,1-4H3;1H. The highest BCUT2D eigenvalue weighted by atomic mass is 35.5. The third-order valence-electron chi connectivity index (χ3n) is 4.56. The number of nitrogens with zero attached hydrogens (tertiary/aromatic N) is 4. The lowest BCUT2D eigenvalue weighted by Gasteiger charge is -2.23. The van der Waals surface area contributed by atoms with Gasteiger partial charge in [-0.2, -0.15) is 0 Å². The first-order chi connectivity index (χ1) is 13.6. The van der Waals surface area contributed by atoms with Gasteiger partial charge in [0.15, 0.2) is 5.13 Å². The maximum absolute atomic E-state index is 13.1. The minimum Gasteiger partial charge on any atom is -0.495 e. The molecular formula is C19H25ClN4O4S. The van der Waals surface area contributed by atoms with E-state index < -0.39 is 0 Å². The molecule has 0 saturated heterocycles. The highest BCUT2D eigenvalue weighted by molar-refractivity contribution is 7.22. The van der Waals surface area contributed by atoms with Crippen molar-refractivity contribution in [1.82, 2.24) is 15.0 Å². The topological polar surface area (TPSA) is 80.9 Å². The molecule has 3 rings (SSSR count). The summed E-state index contributed by atoms with van der Waals surface area (Å²) in [5.74, 6) is 1.23. The second kappa shape index (κ2) is 10.4. The van der Waals surface area contributed by atoms with Gasteiger partial charge in [-0.3, -0.25) is 9.69 Å². The zero-order valence-corrected chi connectivity index (χ0v) is 18.5. The number of carbonyl (C=O) groups is 1. The van der Waals surface area contributed by atoms with Crippen LogP contribution in [0, 0.1) is 0 Å². The van der Waals surface area contributed by atoms with Gasteiger partial charge in [-0.1, -0.05) is 30.3 Å². The quantitative estimate of drug-likeness (QED) is 0.501. The summed E-state index contributed by atoms with van der Waals surface area (Å²) < 4.78 is 16.8. The van der Waals surface area contributed by atoms with Crippen molar-refractivity contribution >= 4 is 45.0 Å². The minimum atomic E-state index is -0.276. The van der Waals surface area contributed by atoms with Crippen LogP contribution in [0.2, 0.25) is 0 Å². The molecule has 0 aliphatic heterocycles. The number of methoxy groups -OCH3 is 2. The van der Waals surface area contributed by atoms with Gasteiger partial charge in [0.05, 0.1) is 20.4 Å². The lowest BCUT2D eigenvalue weighted by atomic mass is 10.3. The second-order valence-corrected chi connectivity index (χ2v) is 6.98. The number of hydrogen-bond donors (Lipinski definition) is 0. The summed E-state index contributed by atoms with van der Waals surface area (Å²) in [5, 5.41) is 4.22. The molecule has 0 atom stereocenters. The molecule has 2 heterocycles. The van der Waals surface area contributed by atoms with E-state index in [9.17, 15) is 4.79 Å². The first-order valence-corrected chi connectivity index (χ1v) is 9.90. The van der Waals surface area contributed by atoms with Crippen LogP contribution in [0.1, 0.15) is 24.4 Å². The zero-order chi connectivity index (χ0) is 20.1. The number of fused-ring (bicyclic) bond motifs is 1. The summed E-state index contributed by atoms with van der Waals surface area (Å²) in [6.07, 6.45) is 1.46. The molecule has 10 heteroatoms. The fourth-order valence-electron chi connectivity index (χ4n) is 2.91. The first kappa shape index (κ1) is 22.9. The number of ether oxygens (including phenoxy) is 2. The van der Waals surface area contributed by atoms with Gasteiger partial charge in [0.25, 0.3) is 5.91 Å². The molecule has 0 N–H and O–H groups in total. The Labute approximate surface area is 179 Å². The summed E-state index contributed by atoms with van der Waals surface area (Å²) in [5.41, 5.74) is 0.667. The van der Waals surface area contributed by atoms with E-state index in [-0.39, 0.29) is 24.1 Å². The van der Waals surface area contributed by atoms with Crippen molar-refractivity contribution in [3.8, 4) is 11.5 Å². The highest BCUT2D eigenvalue weighted by Gasteiger charge is 2.26. The van der Waals surface area contributed by atoms with Gasteiger partial charge in [0.1, 0.15) is 21.7 Å². The van der Waals surface area contributed by atoms with Gasteiger partial charge in [-0.15, -0.1) is 12.4 Å². The molecule has 3 aromatic rings. The average molecular weight is 441 g/mol. The van der Waals surface area contributed by atoms with Crippen molar-refractivity contribution in [3.05, 3.63) is 30.2 Å². The Morgan fingerprint density at radius 1 is 1.10 bits per heavy atom.